The minimum Gasteiger partial charge on any atom is -0.396 e. The second kappa shape index (κ2) is 3.90. The molecule has 2 rings (SSSR count). The van der Waals surface area contributed by atoms with Gasteiger partial charge in [0, 0.05) is 37.9 Å². The lowest BCUT2D eigenvalue weighted by molar-refractivity contribution is 0.237. The fourth-order valence-corrected chi connectivity index (χ4v) is 1.79. The van der Waals surface area contributed by atoms with Gasteiger partial charge in [0.1, 0.15) is 0 Å². The van der Waals surface area contributed by atoms with Crippen molar-refractivity contribution in [3.63, 3.8) is 0 Å². The summed E-state index contributed by atoms with van der Waals surface area (Å²) in [6.45, 7) is 1.49. The summed E-state index contributed by atoms with van der Waals surface area (Å²) in [6, 6.07) is 1.31. The average molecular weight is 211 g/mol. The Bertz CT molecular complexity index is 450. The zero-order valence-electron chi connectivity index (χ0n) is 8.22. The van der Waals surface area contributed by atoms with Crippen LogP contribution in [0.3, 0.4) is 0 Å². The summed E-state index contributed by atoms with van der Waals surface area (Å²) in [4.78, 5) is 24.5. The van der Waals surface area contributed by atoms with Crippen LogP contribution in [0.5, 0.6) is 0 Å². The first-order valence-electron chi connectivity index (χ1n) is 4.89. The Kier molecular flexibility index (Phi) is 2.59. The van der Waals surface area contributed by atoms with E-state index in [4.69, 9.17) is 5.11 Å². The number of rotatable bonds is 2. The number of hydrogen-bond acceptors (Lipinski definition) is 4. The van der Waals surface area contributed by atoms with Crippen LogP contribution in [0, 0.1) is 5.92 Å². The van der Waals surface area contributed by atoms with Crippen molar-refractivity contribution in [1.82, 2.24) is 9.66 Å². The topological polar surface area (TPSA) is 78.3 Å². The first-order chi connectivity index (χ1) is 7.20. The van der Waals surface area contributed by atoms with Gasteiger partial charge in [-0.25, -0.2) is 9.47 Å². The second-order valence-corrected chi connectivity index (χ2v) is 3.70. The molecule has 1 fully saturated rings. The van der Waals surface area contributed by atoms with Crippen molar-refractivity contribution in [2.24, 2.45) is 5.92 Å². The Morgan fingerprint density at radius 1 is 1.53 bits per heavy atom. The summed E-state index contributed by atoms with van der Waals surface area (Å²) in [5.41, 5.74) is -0.824. The molecule has 1 saturated heterocycles. The van der Waals surface area contributed by atoms with E-state index in [1.165, 1.54) is 16.9 Å². The van der Waals surface area contributed by atoms with Gasteiger partial charge in [-0.2, -0.15) is 0 Å². The highest BCUT2D eigenvalue weighted by Crippen LogP contribution is 2.12. The van der Waals surface area contributed by atoms with Crippen LogP contribution in [-0.4, -0.2) is 34.5 Å². The van der Waals surface area contributed by atoms with Crippen molar-refractivity contribution >= 4 is 0 Å². The highest BCUT2D eigenvalue weighted by atomic mass is 16.3. The number of aliphatic hydroxyl groups excluding tert-OH is 1. The molecule has 2 heterocycles. The third-order valence-electron chi connectivity index (χ3n) is 2.63. The summed E-state index contributed by atoms with van der Waals surface area (Å²) in [6.07, 6.45) is 2.32. The lowest BCUT2D eigenvalue weighted by Gasteiger charge is -2.19. The molecule has 0 radical (unpaired) electrons. The van der Waals surface area contributed by atoms with Gasteiger partial charge >= 0.3 is 5.69 Å². The molecule has 6 nitrogen and oxygen atoms in total. The molecule has 6 heteroatoms. The average Bonchev–Trinajstić information content (AvgIpc) is 2.66. The second-order valence-electron chi connectivity index (χ2n) is 3.70. The van der Waals surface area contributed by atoms with E-state index in [1.807, 2.05) is 5.01 Å². The molecule has 1 aromatic rings. The smallest absolute Gasteiger partial charge is 0.347 e. The Hall–Kier alpha value is -1.56. The van der Waals surface area contributed by atoms with E-state index < -0.39 is 11.2 Å². The van der Waals surface area contributed by atoms with Crippen LogP contribution in [0.1, 0.15) is 6.42 Å². The van der Waals surface area contributed by atoms with E-state index in [1.54, 1.807) is 0 Å². The maximum atomic E-state index is 11.4. The van der Waals surface area contributed by atoms with Crippen LogP contribution in [0.2, 0.25) is 0 Å². The Morgan fingerprint density at radius 3 is 2.93 bits per heavy atom. The molecule has 1 aromatic heterocycles. The molecule has 0 aliphatic carbocycles. The monoisotopic (exact) mass is 211 g/mol. The number of aromatic nitrogens is 2. The third kappa shape index (κ3) is 1.94. The minimum atomic E-state index is -0.430. The standard InChI is InChI=1S/C9H13N3O3/c13-6-7-1-3-11(5-7)12-4-2-8(14)10-9(12)15/h2,4,7,13H,1,3,5-6H2,(H,10,14,15). The predicted octanol–water partition coefficient (Wildman–Crippen LogP) is -1.51. The fourth-order valence-electron chi connectivity index (χ4n) is 1.79. The molecular weight excluding hydrogens is 198 g/mol. The molecule has 0 bridgehead atoms. The van der Waals surface area contributed by atoms with Gasteiger partial charge in [0.15, 0.2) is 0 Å². The fraction of sp³-hybridized carbons (Fsp3) is 0.556. The van der Waals surface area contributed by atoms with E-state index in [0.29, 0.717) is 6.54 Å². The van der Waals surface area contributed by atoms with Gasteiger partial charge in [0.05, 0.1) is 0 Å². The number of aliphatic hydroxyl groups is 1. The molecule has 2 N–H and O–H groups in total. The van der Waals surface area contributed by atoms with Crippen molar-refractivity contribution in [2.75, 3.05) is 24.7 Å². The van der Waals surface area contributed by atoms with Crippen LogP contribution < -0.4 is 16.3 Å². The lowest BCUT2D eigenvalue weighted by atomic mass is 10.1. The van der Waals surface area contributed by atoms with E-state index >= 15 is 0 Å². The highest BCUT2D eigenvalue weighted by molar-refractivity contribution is 4.97. The Labute approximate surface area is 85.7 Å². The largest absolute Gasteiger partial charge is 0.396 e. The first kappa shape index (κ1) is 9.97. The number of nitrogens with one attached hydrogen (secondary N) is 1. The summed E-state index contributed by atoms with van der Waals surface area (Å²) in [5.74, 6) is 0.212. The molecule has 0 amide bonds. The summed E-state index contributed by atoms with van der Waals surface area (Å²) in [7, 11) is 0. The third-order valence-corrected chi connectivity index (χ3v) is 2.63. The molecule has 15 heavy (non-hydrogen) atoms. The molecule has 1 aliphatic rings. The van der Waals surface area contributed by atoms with Crippen molar-refractivity contribution in [3.8, 4) is 0 Å². The SMILES string of the molecule is O=c1ccn(N2CCC(CO)C2)c(=O)[nH]1. The number of aromatic amines is 1. The molecule has 1 aliphatic heterocycles. The normalized spacial score (nSPS) is 20.9. The van der Waals surface area contributed by atoms with Crippen LogP contribution in [0.15, 0.2) is 21.9 Å². The Balaban J connectivity index is 2.24. The molecule has 0 aromatic carbocycles. The van der Waals surface area contributed by atoms with Gasteiger partial charge in [-0.1, -0.05) is 0 Å². The summed E-state index contributed by atoms with van der Waals surface area (Å²) in [5, 5.41) is 10.8. The van der Waals surface area contributed by atoms with E-state index in [9.17, 15) is 9.59 Å². The van der Waals surface area contributed by atoms with E-state index in [0.717, 1.165) is 13.0 Å². The lowest BCUT2D eigenvalue weighted by Crippen LogP contribution is -2.43. The van der Waals surface area contributed by atoms with Crippen molar-refractivity contribution < 1.29 is 5.11 Å². The van der Waals surface area contributed by atoms with Crippen LogP contribution in [0.4, 0.5) is 0 Å². The summed E-state index contributed by atoms with van der Waals surface area (Å²) < 4.78 is 1.39. The van der Waals surface area contributed by atoms with Crippen LogP contribution in [0.25, 0.3) is 0 Å². The zero-order chi connectivity index (χ0) is 10.8. The van der Waals surface area contributed by atoms with E-state index in [2.05, 4.69) is 4.98 Å². The van der Waals surface area contributed by atoms with Gasteiger partial charge in [-0.3, -0.25) is 9.78 Å². The minimum absolute atomic E-state index is 0.134. The van der Waals surface area contributed by atoms with E-state index in [-0.39, 0.29) is 12.5 Å². The van der Waals surface area contributed by atoms with Gasteiger partial charge < -0.3 is 10.1 Å². The number of hydrogen-bond donors (Lipinski definition) is 2. The molecular formula is C9H13N3O3. The zero-order valence-corrected chi connectivity index (χ0v) is 8.22. The van der Waals surface area contributed by atoms with Crippen molar-refractivity contribution in [1.29, 1.82) is 0 Å². The van der Waals surface area contributed by atoms with Crippen molar-refractivity contribution in [3.05, 3.63) is 33.1 Å². The first-order valence-corrected chi connectivity index (χ1v) is 4.89. The van der Waals surface area contributed by atoms with Crippen molar-refractivity contribution in [2.45, 2.75) is 6.42 Å². The predicted molar refractivity (Wildman–Crippen MR) is 54.5 cm³/mol. The van der Waals surface area contributed by atoms with Gasteiger partial charge in [0.25, 0.3) is 5.56 Å². The maximum Gasteiger partial charge on any atom is 0.347 e. The summed E-state index contributed by atoms with van der Waals surface area (Å²) >= 11 is 0. The molecule has 1 unspecified atom stereocenters. The maximum absolute atomic E-state index is 11.4. The molecule has 0 saturated carbocycles. The highest BCUT2D eigenvalue weighted by Gasteiger charge is 2.22. The number of H-pyrrole nitrogens is 1. The quantitative estimate of drug-likeness (QED) is 0.623. The molecule has 1 atom stereocenters. The molecule has 0 spiro atoms. The van der Waals surface area contributed by atoms with Gasteiger partial charge in [-0.05, 0) is 6.42 Å². The van der Waals surface area contributed by atoms with Gasteiger partial charge in [0.2, 0.25) is 0 Å². The van der Waals surface area contributed by atoms with Crippen LogP contribution >= 0.6 is 0 Å². The number of nitrogens with zero attached hydrogens (tertiary/aromatic N) is 2. The Morgan fingerprint density at radius 2 is 2.33 bits per heavy atom. The van der Waals surface area contributed by atoms with Crippen LogP contribution in [-0.2, 0) is 0 Å². The van der Waals surface area contributed by atoms with Gasteiger partial charge in [-0.15, -0.1) is 0 Å². The molecule has 82 valence electrons.